The monoisotopic (exact) mass is 265 g/mol. The smallest absolute Gasteiger partial charge is 0.237 e. The minimum atomic E-state index is -0.238. The molecule has 6 heteroatoms. The molecule has 0 unspecified atom stereocenters. The van der Waals surface area contributed by atoms with Crippen molar-refractivity contribution in [3.63, 3.8) is 0 Å². The average Bonchev–Trinajstić information content (AvgIpc) is 2.80. The van der Waals surface area contributed by atoms with Gasteiger partial charge in [-0.05, 0) is 32.0 Å². The van der Waals surface area contributed by atoms with Gasteiger partial charge in [0.05, 0.1) is 11.4 Å². The second kappa shape index (κ2) is 5.68. The fourth-order valence-electron chi connectivity index (χ4n) is 1.51. The van der Waals surface area contributed by atoms with E-state index < -0.39 is 0 Å². The summed E-state index contributed by atoms with van der Waals surface area (Å²) in [6, 6.07) is 10.6. The number of hydrogen-bond acceptors (Lipinski definition) is 6. The van der Waals surface area contributed by atoms with Gasteiger partial charge >= 0.3 is 0 Å². The second-order valence-electron chi connectivity index (χ2n) is 4.04. The van der Waals surface area contributed by atoms with E-state index in [0.717, 1.165) is 17.0 Å². The Kier molecular flexibility index (Phi) is 3.78. The normalized spacial score (nSPS) is 9.40. The molecule has 2 rings (SSSR count). The molecular weight excluding hydrogens is 254 g/mol. The molecule has 1 aromatic heterocycles. The molecule has 0 bridgehead atoms. The number of oxazole rings is 1. The summed E-state index contributed by atoms with van der Waals surface area (Å²) in [6.07, 6.45) is 0. The van der Waals surface area contributed by atoms with E-state index in [1.165, 1.54) is 0 Å². The van der Waals surface area contributed by atoms with Crippen molar-refractivity contribution >= 4 is 11.4 Å². The van der Waals surface area contributed by atoms with Crippen LogP contribution in [0.3, 0.4) is 0 Å². The van der Waals surface area contributed by atoms with E-state index in [4.69, 9.17) is 14.9 Å². The molecule has 0 aliphatic rings. The third-order valence-electron chi connectivity index (χ3n) is 2.65. The minimum absolute atomic E-state index is 0.238. The summed E-state index contributed by atoms with van der Waals surface area (Å²) in [5.74, 6) is 1.29. The first-order valence-corrected chi connectivity index (χ1v) is 5.82. The molecule has 0 radical (unpaired) electrons. The molecule has 0 amide bonds. The maximum atomic E-state index is 8.60. The summed E-state index contributed by atoms with van der Waals surface area (Å²) in [5.41, 5.74) is 4.68. The number of nitriles is 2. The first kappa shape index (κ1) is 13.3. The van der Waals surface area contributed by atoms with E-state index in [0.29, 0.717) is 11.6 Å². The zero-order valence-electron chi connectivity index (χ0n) is 11.0. The Morgan fingerprint density at radius 2 is 2.05 bits per heavy atom. The predicted molar refractivity (Wildman–Crippen MR) is 73.7 cm³/mol. The molecule has 1 aromatic carbocycles. The lowest BCUT2D eigenvalue weighted by molar-refractivity contribution is 0.541. The van der Waals surface area contributed by atoms with E-state index in [1.54, 1.807) is 30.3 Å². The molecular formula is C14H11N5O. The van der Waals surface area contributed by atoms with E-state index in [-0.39, 0.29) is 5.71 Å². The average molecular weight is 265 g/mol. The van der Waals surface area contributed by atoms with E-state index in [9.17, 15) is 0 Å². The molecule has 1 N–H and O–H groups in total. The Morgan fingerprint density at radius 1 is 1.30 bits per heavy atom. The molecule has 0 saturated carbocycles. The van der Waals surface area contributed by atoms with Gasteiger partial charge in [-0.15, -0.1) is 0 Å². The highest BCUT2D eigenvalue weighted by molar-refractivity contribution is 6.10. The zero-order chi connectivity index (χ0) is 14.5. The summed E-state index contributed by atoms with van der Waals surface area (Å²) in [6.45, 7) is 3.73. The van der Waals surface area contributed by atoms with Gasteiger partial charge in [0.25, 0.3) is 0 Å². The quantitative estimate of drug-likeness (QED) is 0.679. The Bertz CT molecular complexity index is 710. The van der Waals surface area contributed by atoms with Crippen LogP contribution in [0, 0.1) is 36.5 Å². The van der Waals surface area contributed by atoms with Gasteiger partial charge in [-0.1, -0.05) is 6.07 Å². The molecule has 0 fully saturated rings. The first-order chi connectivity index (χ1) is 9.63. The largest absolute Gasteiger partial charge is 0.441 e. The molecule has 0 spiro atoms. The van der Waals surface area contributed by atoms with Crippen LogP contribution in [0.4, 0.5) is 5.69 Å². The predicted octanol–water partition coefficient (Wildman–Crippen LogP) is 2.77. The number of rotatable bonds is 3. The molecule has 1 heterocycles. The molecule has 0 aliphatic heterocycles. The van der Waals surface area contributed by atoms with Crippen molar-refractivity contribution in [2.24, 2.45) is 5.10 Å². The highest BCUT2D eigenvalue weighted by atomic mass is 16.4. The Labute approximate surface area is 116 Å². The topological polar surface area (TPSA) is 98.0 Å². The SMILES string of the molecule is Cc1nc(-c2cccc(NN=C(C#N)C#N)c2)oc1C. The summed E-state index contributed by atoms with van der Waals surface area (Å²) < 4.78 is 5.54. The van der Waals surface area contributed by atoms with Crippen molar-refractivity contribution < 1.29 is 4.42 Å². The summed E-state index contributed by atoms with van der Waals surface area (Å²) in [4.78, 5) is 4.31. The van der Waals surface area contributed by atoms with Gasteiger partial charge in [-0.25, -0.2) is 4.98 Å². The third-order valence-corrected chi connectivity index (χ3v) is 2.65. The van der Waals surface area contributed by atoms with Crippen LogP contribution in [0.5, 0.6) is 0 Å². The van der Waals surface area contributed by atoms with Crippen molar-refractivity contribution in [1.82, 2.24) is 4.98 Å². The van der Waals surface area contributed by atoms with Crippen molar-refractivity contribution in [3.05, 3.63) is 35.7 Å². The second-order valence-corrected chi connectivity index (χ2v) is 4.04. The first-order valence-electron chi connectivity index (χ1n) is 5.82. The van der Waals surface area contributed by atoms with Gasteiger partial charge in [-0.2, -0.15) is 15.6 Å². The number of nitrogens with zero attached hydrogens (tertiary/aromatic N) is 4. The van der Waals surface area contributed by atoms with Crippen LogP contribution in [0.15, 0.2) is 33.8 Å². The Hall–Kier alpha value is -3.12. The number of aryl methyl sites for hydroxylation is 2. The van der Waals surface area contributed by atoms with Crippen molar-refractivity contribution in [2.45, 2.75) is 13.8 Å². The molecule has 20 heavy (non-hydrogen) atoms. The van der Waals surface area contributed by atoms with Crippen LogP contribution < -0.4 is 5.43 Å². The van der Waals surface area contributed by atoms with Crippen LogP contribution in [-0.2, 0) is 0 Å². The van der Waals surface area contributed by atoms with Crippen LogP contribution in [0.2, 0.25) is 0 Å². The highest BCUT2D eigenvalue weighted by Crippen LogP contribution is 2.23. The lowest BCUT2D eigenvalue weighted by Crippen LogP contribution is -1.96. The van der Waals surface area contributed by atoms with Crippen molar-refractivity contribution in [1.29, 1.82) is 10.5 Å². The van der Waals surface area contributed by atoms with Crippen molar-refractivity contribution in [3.8, 4) is 23.6 Å². The van der Waals surface area contributed by atoms with E-state index in [1.807, 2.05) is 19.9 Å². The molecule has 0 aliphatic carbocycles. The lowest BCUT2D eigenvalue weighted by atomic mass is 10.2. The van der Waals surface area contributed by atoms with Gasteiger partial charge in [-0.3, -0.25) is 5.43 Å². The van der Waals surface area contributed by atoms with E-state index in [2.05, 4.69) is 15.5 Å². The van der Waals surface area contributed by atoms with E-state index >= 15 is 0 Å². The number of hydrogen-bond donors (Lipinski definition) is 1. The Morgan fingerprint density at radius 3 is 2.65 bits per heavy atom. The van der Waals surface area contributed by atoms with Gasteiger partial charge in [0.1, 0.15) is 17.9 Å². The summed E-state index contributed by atoms with van der Waals surface area (Å²) in [5, 5.41) is 20.9. The third kappa shape index (κ3) is 2.82. The number of hydrazone groups is 1. The van der Waals surface area contributed by atoms with Crippen LogP contribution in [0.25, 0.3) is 11.5 Å². The van der Waals surface area contributed by atoms with Crippen LogP contribution in [-0.4, -0.2) is 10.7 Å². The maximum Gasteiger partial charge on any atom is 0.237 e. The van der Waals surface area contributed by atoms with Gasteiger partial charge in [0.2, 0.25) is 11.6 Å². The lowest BCUT2D eigenvalue weighted by Gasteiger charge is -2.01. The number of benzene rings is 1. The van der Waals surface area contributed by atoms with Gasteiger partial charge in [0.15, 0.2) is 0 Å². The summed E-state index contributed by atoms with van der Waals surface area (Å²) >= 11 is 0. The van der Waals surface area contributed by atoms with Gasteiger partial charge in [0, 0.05) is 5.56 Å². The number of nitrogens with one attached hydrogen (secondary N) is 1. The highest BCUT2D eigenvalue weighted by Gasteiger charge is 2.08. The fourth-order valence-corrected chi connectivity index (χ4v) is 1.51. The Balaban J connectivity index is 2.27. The molecule has 98 valence electrons. The van der Waals surface area contributed by atoms with Gasteiger partial charge < -0.3 is 4.42 Å². The zero-order valence-corrected chi connectivity index (χ0v) is 11.0. The molecule has 6 nitrogen and oxygen atoms in total. The molecule has 0 atom stereocenters. The van der Waals surface area contributed by atoms with Crippen molar-refractivity contribution in [2.75, 3.05) is 5.43 Å². The minimum Gasteiger partial charge on any atom is -0.441 e. The molecule has 0 saturated heterocycles. The number of anilines is 1. The number of aromatic nitrogens is 1. The standard InChI is InChI=1S/C14H11N5O/c1-9-10(2)20-14(17-9)11-4-3-5-12(6-11)18-19-13(7-15)8-16/h3-6,18H,1-2H3. The fraction of sp³-hybridized carbons (Fsp3) is 0.143. The van der Waals surface area contributed by atoms with Crippen LogP contribution >= 0.6 is 0 Å². The molecule has 2 aromatic rings. The van der Waals surface area contributed by atoms with Crippen LogP contribution in [0.1, 0.15) is 11.5 Å². The maximum absolute atomic E-state index is 8.60. The summed E-state index contributed by atoms with van der Waals surface area (Å²) in [7, 11) is 0.